The van der Waals surface area contributed by atoms with Crippen LogP contribution in [0, 0.1) is 5.82 Å². The van der Waals surface area contributed by atoms with Gasteiger partial charge in [-0.1, -0.05) is 18.2 Å². The molecule has 3 aromatic carbocycles. The number of alkyl halides is 2. The van der Waals surface area contributed by atoms with Crippen LogP contribution in [-0.4, -0.2) is 13.7 Å². The Morgan fingerprint density at radius 1 is 0.826 bits per heavy atom. The van der Waals surface area contributed by atoms with Crippen molar-refractivity contribution in [3.63, 3.8) is 0 Å². The van der Waals surface area contributed by atoms with Gasteiger partial charge in [0.25, 0.3) is 0 Å². The number of hydrogen-bond acceptors (Lipinski definition) is 2. The zero-order chi connectivity index (χ0) is 16.4. The maximum Gasteiger partial charge on any atom is 0.387 e. The number of benzene rings is 3. The first-order valence-corrected chi connectivity index (χ1v) is 6.89. The minimum Gasteiger partial charge on any atom is -0.497 e. The third-order valence-corrected chi connectivity index (χ3v) is 3.52. The van der Waals surface area contributed by atoms with Crippen molar-refractivity contribution in [2.75, 3.05) is 7.11 Å². The molecular weight excluding hydrogens is 305 g/mol. The molecular formula is C18H13F3O2. The summed E-state index contributed by atoms with van der Waals surface area (Å²) in [5.41, 5.74) is 1.14. The van der Waals surface area contributed by atoms with E-state index in [2.05, 4.69) is 4.74 Å². The molecule has 0 fully saturated rings. The molecule has 2 nitrogen and oxygen atoms in total. The molecule has 0 heterocycles. The highest BCUT2D eigenvalue weighted by Crippen LogP contribution is 2.30. The van der Waals surface area contributed by atoms with E-state index in [0.29, 0.717) is 16.9 Å². The molecule has 0 aliphatic rings. The summed E-state index contributed by atoms with van der Waals surface area (Å²) in [6, 6.07) is 14.6. The van der Waals surface area contributed by atoms with Gasteiger partial charge in [0, 0.05) is 11.6 Å². The maximum atomic E-state index is 14.1. The average Bonchev–Trinajstić information content (AvgIpc) is 2.53. The molecule has 3 aromatic rings. The van der Waals surface area contributed by atoms with Crippen molar-refractivity contribution < 1.29 is 22.6 Å². The Hall–Kier alpha value is -2.69. The SMILES string of the molecule is COc1ccc(-c2ccc3cc(OC(F)F)ccc3c2)c(F)c1. The van der Waals surface area contributed by atoms with Gasteiger partial charge in [-0.2, -0.15) is 8.78 Å². The summed E-state index contributed by atoms with van der Waals surface area (Å²) in [6.07, 6.45) is 0. The third kappa shape index (κ3) is 3.23. The second kappa shape index (κ2) is 6.20. The average molecular weight is 318 g/mol. The summed E-state index contributed by atoms with van der Waals surface area (Å²) in [4.78, 5) is 0. The predicted molar refractivity (Wildman–Crippen MR) is 82.5 cm³/mol. The zero-order valence-corrected chi connectivity index (χ0v) is 12.2. The Morgan fingerprint density at radius 3 is 2.22 bits per heavy atom. The Kier molecular flexibility index (Phi) is 4.10. The van der Waals surface area contributed by atoms with Crippen LogP contribution in [0.4, 0.5) is 13.2 Å². The fraction of sp³-hybridized carbons (Fsp3) is 0.111. The standard InChI is InChI=1S/C18H13F3O2/c1-22-14-6-7-16(17(19)10-14)13-3-2-12-9-15(23-18(20)21)5-4-11(12)8-13/h2-10,18H,1H3. The molecule has 23 heavy (non-hydrogen) atoms. The Balaban J connectivity index is 2.00. The molecule has 0 aromatic heterocycles. The first-order chi connectivity index (χ1) is 11.1. The molecule has 3 rings (SSSR count). The largest absolute Gasteiger partial charge is 0.497 e. The van der Waals surface area contributed by atoms with Gasteiger partial charge in [-0.25, -0.2) is 4.39 Å². The molecule has 118 valence electrons. The molecule has 0 aliphatic heterocycles. The molecule has 0 amide bonds. The number of halogens is 3. The Morgan fingerprint density at radius 2 is 1.52 bits per heavy atom. The van der Waals surface area contributed by atoms with Crippen LogP contribution in [0.15, 0.2) is 54.6 Å². The van der Waals surface area contributed by atoms with Crippen molar-refractivity contribution in [3.8, 4) is 22.6 Å². The summed E-state index contributed by atoms with van der Waals surface area (Å²) in [5.74, 6) is 0.151. The second-order valence-electron chi connectivity index (χ2n) is 4.95. The van der Waals surface area contributed by atoms with E-state index in [1.807, 2.05) is 0 Å². The van der Waals surface area contributed by atoms with Crippen LogP contribution in [0.25, 0.3) is 21.9 Å². The minimum absolute atomic E-state index is 0.0934. The van der Waals surface area contributed by atoms with Crippen molar-refractivity contribution in [1.82, 2.24) is 0 Å². The highest BCUT2D eigenvalue weighted by molar-refractivity contribution is 5.88. The number of hydrogen-bond donors (Lipinski definition) is 0. The highest BCUT2D eigenvalue weighted by atomic mass is 19.3. The molecule has 0 N–H and O–H groups in total. The van der Waals surface area contributed by atoms with Gasteiger partial charge in [0.2, 0.25) is 0 Å². The van der Waals surface area contributed by atoms with Gasteiger partial charge in [-0.3, -0.25) is 0 Å². The van der Waals surface area contributed by atoms with Crippen LogP contribution >= 0.6 is 0 Å². The lowest BCUT2D eigenvalue weighted by molar-refractivity contribution is -0.0497. The van der Waals surface area contributed by atoms with E-state index in [1.54, 1.807) is 36.4 Å². The fourth-order valence-electron chi connectivity index (χ4n) is 2.42. The lowest BCUT2D eigenvalue weighted by atomic mass is 10.0. The quantitative estimate of drug-likeness (QED) is 0.653. The lowest BCUT2D eigenvalue weighted by Gasteiger charge is -2.09. The van der Waals surface area contributed by atoms with Crippen LogP contribution in [0.1, 0.15) is 0 Å². The van der Waals surface area contributed by atoms with Gasteiger partial charge < -0.3 is 9.47 Å². The maximum absolute atomic E-state index is 14.1. The Labute approximate surface area is 131 Å². The highest BCUT2D eigenvalue weighted by Gasteiger charge is 2.09. The monoisotopic (exact) mass is 318 g/mol. The van der Waals surface area contributed by atoms with Gasteiger partial charge in [0.15, 0.2) is 0 Å². The number of fused-ring (bicyclic) bond motifs is 1. The summed E-state index contributed by atoms with van der Waals surface area (Å²) in [5, 5.41) is 1.54. The van der Waals surface area contributed by atoms with E-state index in [1.165, 1.54) is 25.3 Å². The number of ether oxygens (including phenoxy) is 2. The van der Waals surface area contributed by atoms with Crippen LogP contribution in [0.3, 0.4) is 0 Å². The molecule has 0 saturated carbocycles. The van der Waals surface area contributed by atoms with Crippen molar-refractivity contribution in [3.05, 3.63) is 60.4 Å². The van der Waals surface area contributed by atoms with E-state index in [4.69, 9.17) is 4.74 Å². The van der Waals surface area contributed by atoms with Crippen molar-refractivity contribution in [1.29, 1.82) is 0 Å². The van der Waals surface area contributed by atoms with E-state index < -0.39 is 6.61 Å². The molecule has 0 spiro atoms. The zero-order valence-electron chi connectivity index (χ0n) is 12.2. The van der Waals surface area contributed by atoms with E-state index in [-0.39, 0.29) is 11.6 Å². The van der Waals surface area contributed by atoms with Gasteiger partial charge in [0.1, 0.15) is 17.3 Å². The molecule has 0 radical (unpaired) electrons. The van der Waals surface area contributed by atoms with E-state index in [9.17, 15) is 13.2 Å². The topological polar surface area (TPSA) is 18.5 Å². The van der Waals surface area contributed by atoms with Crippen molar-refractivity contribution in [2.24, 2.45) is 0 Å². The normalized spacial score (nSPS) is 11.0. The first kappa shape index (κ1) is 15.2. The summed E-state index contributed by atoms with van der Waals surface area (Å²) < 4.78 is 48.0. The molecule has 5 heteroatoms. The van der Waals surface area contributed by atoms with E-state index in [0.717, 1.165) is 10.8 Å². The molecule has 0 saturated heterocycles. The van der Waals surface area contributed by atoms with Crippen LogP contribution in [0.2, 0.25) is 0 Å². The smallest absolute Gasteiger partial charge is 0.387 e. The van der Waals surface area contributed by atoms with Crippen LogP contribution in [0.5, 0.6) is 11.5 Å². The lowest BCUT2D eigenvalue weighted by Crippen LogP contribution is -2.01. The van der Waals surface area contributed by atoms with Crippen molar-refractivity contribution in [2.45, 2.75) is 6.61 Å². The molecule has 0 aliphatic carbocycles. The van der Waals surface area contributed by atoms with Gasteiger partial charge in [-0.05, 0) is 46.7 Å². The Bertz CT molecular complexity index is 847. The summed E-state index contributed by atoms with van der Waals surface area (Å²) >= 11 is 0. The molecule has 0 atom stereocenters. The van der Waals surface area contributed by atoms with Crippen LogP contribution in [-0.2, 0) is 0 Å². The first-order valence-electron chi connectivity index (χ1n) is 6.89. The van der Waals surface area contributed by atoms with Crippen LogP contribution < -0.4 is 9.47 Å². The van der Waals surface area contributed by atoms with E-state index >= 15 is 0 Å². The number of rotatable bonds is 4. The van der Waals surface area contributed by atoms with Gasteiger partial charge >= 0.3 is 6.61 Å². The fourth-order valence-corrected chi connectivity index (χ4v) is 2.42. The summed E-state index contributed by atoms with van der Waals surface area (Å²) in [6.45, 7) is -2.86. The predicted octanol–water partition coefficient (Wildman–Crippen LogP) is 5.26. The number of methoxy groups -OCH3 is 1. The summed E-state index contributed by atoms with van der Waals surface area (Å²) in [7, 11) is 1.48. The molecule has 0 unspecified atom stereocenters. The minimum atomic E-state index is -2.86. The van der Waals surface area contributed by atoms with Crippen molar-refractivity contribution >= 4 is 10.8 Å². The van der Waals surface area contributed by atoms with Gasteiger partial charge in [-0.15, -0.1) is 0 Å². The second-order valence-corrected chi connectivity index (χ2v) is 4.95. The molecule has 0 bridgehead atoms. The van der Waals surface area contributed by atoms with Gasteiger partial charge in [0.05, 0.1) is 7.11 Å². The third-order valence-electron chi connectivity index (χ3n) is 3.52.